The lowest BCUT2D eigenvalue weighted by molar-refractivity contribution is 0.343. The SMILES string of the molecule is CN1CCCC(NCCCn2ccc3ccccc32)CC1. The van der Waals surface area contributed by atoms with Gasteiger partial charge in [0.25, 0.3) is 0 Å². The van der Waals surface area contributed by atoms with Crippen molar-refractivity contribution in [3.05, 3.63) is 36.5 Å². The van der Waals surface area contributed by atoms with Gasteiger partial charge in [0, 0.05) is 24.3 Å². The monoisotopic (exact) mass is 285 g/mol. The first-order valence-corrected chi connectivity index (χ1v) is 8.29. The van der Waals surface area contributed by atoms with E-state index in [-0.39, 0.29) is 0 Å². The van der Waals surface area contributed by atoms with Gasteiger partial charge >= 0.3 is 0 Å². The normalized spacial score (nSPS) is 20.7. The Kier molecular flexibility index (Phi) is 4.94. The lowest BCUT2D eigenvalue weighted by Gasteiger charge is -2.17. The van der Waals surface area contributed by atoms with Crippen LogP contribution in [-0.4, -0.2) is 42.2 Å². The first-order valence-electron chi connectivity index (χ1n) is 8.29. The number of aryl methyl sites for hydroxylation is 1. The van der Waals surface area contributed by atoms with E-state index in [1.54, 1.807) is 0 Å². The molecule has 0 amide bonds. The largest absolute Gasteiger partial charge is 0.347 e. The molecule has 1 unspecified atom stereocenters. The predicted molar refractivity (Wildman–Crippen MR) is 89.7 cm³/mol. The average Bonchev–Trinajstić information content (AvgIpc) is 2.80. The summed E-state index contributed by atoms with van der Waals surface area (Å²) in [6.45, 7) is 4.72. The number of hydrogen-bond acceptors (Lipinski definition) is 2. The summed E-state index contributed by atoms with van der Waals surface area (Å²) in [7, 11) is 2.24. The first kappa shape index (κ1) is 14.6. The first-order chi connectivity index (χ1) is 10.3. The third-order valence-electron chi connectivity index (χ3n) is 4.64. The molecule has 2 heterocycles. The van der Waals surface area contributed by atoms with Crippen LogP contribution in [0.15, 0.2) is 36.5 Å². The Morgan fingerprint density at radius 1 is 1.14 bits per heavy atom. The second-order valence-corrected chi connectivity index (χ2v) is 6.31. The molecule has 0 bridgehead atoms. The summed E-state index contributed by atoms with van der Waals surface area (Å²) < 4.78 is 2.37. The van der Waals surface area contributed by atoms with E-state index in [0.29, 0.717) is 0 Å². The van der Waals surface area contributed by atoms with Crippen molar-refractivity contribution in [1.82, 2.24) is 14.8 Å². The van der Waals surface area contributed by atoms with Crippen LogP contribution in [0.4, 0.5) is 0 Å². The second kappa shape index (κ2) is 7.10. The molecule has 3 heteroatoms. The number of nitrogens with zero attached hydrogens (tertiary/aromatic N) is 2. The van der Waals surface area contributed by atoms with Crippen LogP contribution < -0.4 is 5.32 Å². The maximum absolute atomic E-state index is 3.75. The molecule has 0 radical (unpaired) electrons. The third-order valence-corrected chi connectivity index (χ3v) is 4.64. The molecule has 1 aromatic carbocycles. The Balaban J connectivity index is 1.44. The highest BCUT2D eigenvalue weighted by Gasteiger charge is 2.13. The second-order valence-electron chi connectivity index (χ2n) is 6.31. The number of aromatic nitrogens is 1. The van der Waals surface area contributed by atoms with Gasteiger partial charge in [0.2, 0.25) is 0 Å². The number of para-hydroxylation sites is 1. The fourth-order valence-corrected chi connectivity index (χ4v) is 3.34. The quantitative estimate of drug-likeness (QED) is 0.852. The molecule has 1 fully saturated rings. The molecule has 114 valence electrons. The van der Waals surface area contributed by atoms with Crippen LogP contribution in [0.25, 0.3) is 10.9 Å². The predicted octanol–water partition coefficient (Wildman–Crippen LogP) is 3.11. The van der Waals surface area contributed by atoms with Gasteiger partial charge in [-0.1, -0.05) is 18.2 Å². The van der Waals surface area contributed by atoms with E-state index < -0.39 is 0 Å². The minimum Gasteiger partial charge on any atom is -0.347 e. The van der Waals surface area contributed by atoms with Crippen LogP contribution in [-0.2, 0) is 6.54 Å². The van der Waals surface area contributed by atoms with Crippen molar-refractivity contribution in [3.63, 3.8) is 0 Å². The lowest BCUT2D eigenvalue weighted by Crippen LogP contribution is -2.31. The lowest BCUT2D eigenvalue weighted by atomic mass is 10.1. The summed E-state index contributed by atoms with van der Waals surface area (Å²) in [5, 5.41) is 5.10. The summed E-state index contributed by atoms with van der Waals surface area (Å²) >= 11 is 0. The Hall–Kier alpha value is -1.32. The van der Waals surface area contributed by atoms with E-state index in [1.807, 2.05) is 0 Å². The standard InChI is InChI=1S/C18H27N3/c1-20-12-4-7-17(10-14-20)19-11-5-13-21-15-9-16-6-2-3-8-18(16)21/h2-3,6,8-9,15,17,19H,4-5,7,10-14H2,1H3. The van der Waals surface area contributed by atoms with Crippen LogP contribution in [0.3, 0.4) is 0 Å². The molecule has 0 saturated carbocycles. The van der Waals surface area contributed by atoms with Crippen LogP contribution >= 0.6 is 0 Å². The number of hydrogen-bond donors (Lipinski definition) is 1. The summed E-state index contributed by atoms with van der Waals surface area (Å²) in [6.07, 6.45) is 7.37. The van der Waals surface area contributed by atoms with Gasteiger partial charge in [-0.3, -0.25) is 0 Å². The maximum Gasteiger partial charge on any atom is 0.0480 e. The van der Waals surface area contributed by atoms with Gasteiger partial charge in [-0.25, -0.2) is 0 Å². The van der Waals surface area contributed by atoms with Gasteiger partial charge in [0.05, 0.1) is 0 Å². The molecule has 1 saturated heterocycles. The molecule has 1 aliphatic heterocycles. The summed E-state index contributed by atoms with van der Waals surface area (Å²) in [6, 6.07) is 11.6. The number of likely N-dealkylation sites (tertiary alicyclic amines) is 1. The van der Waals surface area contributed by atoms with E-state index in [4.69, 9.17) is 0 Å². The van der Waals surface area contributed by atoms with Crippen molar-refractivity contribution in [1.29, 1.82) is 0 Å². The van der Waals surface area contributed by atoms with E-state index in [2.05, 4.69) is 58.4 Å². The van der Waals surface area contributed by atoms with Gasteiger partial charge < -0.3 is 14.8 Å². The molecular weight excluding hydrogens is 258 g/mol. The Bertz CT molecular complexity index is 560. The van der Waals surface area contributed by atoms with Crippen molar-refractivity contribution in [2.24, 2.45) is 0 Å². The molecule has 2 aromatic rings. The molecule has 21 heavy (non-hydrogen) atoms. The zero-order valence-electron chi connectivity index (χ0n) is 13.1. The molecule has 3 rings (SSSR count). The van der Waals surface area contributed by atoms with E-state index in [9.17, 15) is 0 Å². The van der Waals surface area contributed by atoms with Crippen molar-refractivity contribution < 1.29 is 0 Å². The van der Waals surface area contributed by atoms with Gasteiger partial charge in [0.15, 0.2) is 0 Å². The third kappa shape index (κ3) is 3.86. The molecule has 1 aromatic heterocycles. The van der Waals surface area contributed by atoms with Crippen LogP contribution in [0.2, 0.25) is 0 Å². The molecule has 0 aliphatic carbocycles. The minimum atomic E-state index is 0.719. The van der Waals surface area contributed by atoms with E-state index in [1.165, 1.54) is 49.7 Å². The summed E-state index contributed by atoms with van der Waals surface area (Å²) in [5.74, 6) is 0. The van der Waals surface area contributed by atoms with Gasteiger partial charge in [-0.2, -0.15) is 0 Å². The zero-order chi connectivity index (χ0) is 14.5. The topological polar surface area (TPSA) is 20.2 Å². The zero-order valence-corrected chi connectivity index (χ0v) is 13.1. The molecule has 0 spiro atoms. The fourth-order valence-electron chi connectivity index (χ4n) is 3.34. The van der Waals surface area contributed by atoms with E-state index in [0.717, 1.165) is 19.1 Å². The molecule has 1 atom stereocenters. The van der Waals surface area contributed by atoms with Crippen LogP contribution in [0.5, 0.6) is 0 Å². The maximum atomic E-state index is 3.75. The summed E-state index contributed by atoms with van der Waals surface area (Å²) in [4.78, 5) is 2.45. The van der Waals surface area contributed by atoms with Gasteiger partial charge in [0.1, 0.15) is 0 Å². The summed E-state index contributed by atoms with van der Waals surface area (Å²) in [5.41, 5.74) is 1.36. The van der Waals surface area contributed by atoms with Crippen molar-refractivity contribution in [3.8, 4) is 0 Å². The number of benzene rings is 1. The van der Waals surface area contributed by atoms with Crippen LogP contribution in [0.1, 0.15) is 25.7 Å². The number of fused-ring (bicyclic) bond motifs is 1. The van der Waals surface area contributed by atoms with Gasteiger partial charge in [-0.15, -0.1) is 0 Å². The van der Waals surface area contributed by atoms with Crippen molar-refractivity contribution in [2.75, 3.05) is 26.7 Å². The van der Waals surface area contributed by atoms with E-state index >= 15 is 0 Å². The minimum absolute atomic E-state index is 0.719. The molecule has 3 nitrogen and oxygen atoms in total. The molecule has 1 N–H and O–H groups in total. The Morgan fingerprint density at radius 3 is 3.00 bits per heavy atom. The highest BCUT2D eigenvalue weighted by molar-refractivity contribution is 5.79. The highest BCUT2D eigenvalue weighted by Crippen LogP contribution is 2.15. The number of rotatable bonds is 5. The average molecular weight is 285 g/mol. The fraction of sp³-hybridized carbons (Fsp3) is 0.556. The Labute approximate surface area is 127 Å². The molecular formula is C18H27N3. The smallest absolute Gasteiger partial charge is 0.0480 e. The van der Waals surface area contributed by atoms with Gasteiger partial charge in [-0.05, 0) is 69.9 Å². The number of nitrogens with one attached hydrogen (secondary N) is 1. The van der Waals surface area contributed by atoms with Crippen molar-refractivity contribution in [2.45, 2.75) is 38.3 Å². The highest BCUT2D eigenvalue weighted by atomic mass is 15.1. The molecule has 1 aliphatic rings. The Morgan fingerprint density at radius 2 is 2.05 bits per heavy atom. The van der Waals surface area contributed by atoms with Crippen LogP contribution in [0, 0.1) is 0 Å². The van der Waals surface area contributed by atoms with Crippen molar-refractivity contribution >= 4 is 10.9 Å².